The molecular formula is C16H24N2O3. The van der Waals surface area contributed by atoms with Gasteiger partial charge in [0.15, 0.2) is 0 Å². The maximum atomic E-state index is 11.0. The van der Waals surface area contributed by atoms with Crippen LogP contribution >= 0.6 is 0 Å². The van der Waals surface area contributed by atoms with Crippen molar-refractivity contribution in [2.45, 2.75) is 19.4 Å². The Morgan fingerprint density at radius 1 is 1.38 bits per heavy atom. The van der Waals surface area contributed by atoms with E-state index in [9.17, 15) is 4.79 Å². The lowest BCUT2D eigenvalue weighted by atomic mass is 9.97. The highest BCUT2D eigenvalue weighted by Gasteiger charge is 2.24. The smallest absolute Gasteiger partial charge is 0.306 e. The molecule has 1 aromatic carbocycles. The number of carboxylic acids is 1. The van der Waals surface area contributed by atoms with Gasteiger partial charge < -0.3 is 15.1 Å². The van der Waals surface area contributed by atoms with Gasteiger partial charge in [0.2, 0.25) is 0 Å². The second kappa shape index (κ2) is 7.43. The van der Waals surface area contributed by atoms with E-state index >= 15 is 0 Å². The van der Waals surface area contributed by atoms with Crippen LogP contribution in [0.25, 0.3) is 0 Å². The number of carboxylic acid groups (broad SMARTS) is 1. The third kappa shape index (κ3) is 4.44. The lowest BCUT2D eigenvalue weighted by Crippen LogP contribution is -2.35. The van der Waals surface area contributed by atoms with Gasteiger partial charge in [-0.1, -0.05) is 12.1 Å². The molecular weight excluding hydrogens is 268 g/mol. The summed E-state index contributed by atoms with van der Waals surface area (Å²) in [4.78, 5) is 15.3. The van der Waals surface area contributed by atoms with Crippen molar-refractivity contribution in [3.8, 4) is 0 Å². The fourth-order valence-electron chi connectivity index (χ4n) is 2.77. The molecule has 0 spiro atoms. The SMILES string of the molecule is CN(CCO)c1cccc(CN2CCC(C(=O)O)CC2)c1. The van der Waals surface area contributed by atoms with Gasteiger partial charge >= 0.3 is 5.97 Å². The Morgan fingerprint density at radius 2 is 2.10 bits per heavy atom. The normalized spacial score (nSPS) is 16.9. The maximum Gasteiger partial charge on any atom is 0.306 e. The van der Waals surface area contributed by atoms with Crippen LogP contribution in [0.15, 0.2) is 24.3 Å². The molecule has 0 bridgehead atoms. The van der Waals surface area contributed by atoms with Crippen LogP contribution in [0.4, 0.5) is 5.69 Å². The molecule has 0 unspecified atom stereocenters. The van der Waals surface area contributed by atoms with E-state index < -0.39 is 5.97 Å². The summed E-state index contributed by atoms with van der Waals surface area (Å²) in [5, 5.41) is 18.0. The zero-order valence-electron chi connectivity index (χ0n) is 12.5. The minimum absolute atomic E-state index is 0.142. The van der Waals surface area contributed by atoms with Crippen LogP contribution in [0.3, 0.4) is 0 Å². The number of benzene rings is 1. The molecule has 2 N–H and O–H groups in total. The molecule has 0 aliphatic carbocycles. The highest BCUT2D eigenvalue weighted by Crippen LogP contribution is 2.21. The quantitative estimate of drug-likeness (QED) is 0.830. The van der Waals surface area contributed by atoms with Crippen LogP contribution in [0.1, 0.15) is 18.4 Å². The van der Waals surface area contributed by atoms with E-state index in [4.69, 9.17) is 10.2 Å². The van der Waals surface area contributed by atoms with Crippen molar-refractivity contribution in [1.82, 2.24) is 4.90 Å². The molecule has 2 rings (SSSR count). The van der Waals surface area contributed by atoms with Crippen LogP contribution < -0.4 is 4.90 Å². The molecule has 116 valence electrons. The fourth-order valence-corrected chi connectivity index (χ4v) is 2.77. The molecule has 1 fully saturated rings. The number of aliphatic carboxylic acids is 1. The number of anilines is 1. The monoisotopic (exact) mass is 292 g/mol. The van der Waals surface area contributed by atoms with Gasteiger partial charge in [-0.25, -0.2) is 0 Å². The number of carbonyl (C=O) groups is 1. The lowest BCUT2D eigenvalue weighted by Gasteiger charge is -2.30. The predicted octanol–water partition coefficient (Wildman–Crippen LogP) is 1.41. The molecule has 0 atom stereocenters. The van der Waals surface area contributed by atoms with Gasteiger partial charge in [-0.2, -0.15) is 0 Å². The molecule has 0 radical (unpaired) electrons. The molecule has 1 aliphatic rings. The summed E-state index contributed by atoms with van der Waals surface area (Å²) in [6.07, 6.45) is 1.47. The average molecular weight is 292 g/mol. The highest BCUT2D eigenvalue weighted by molar-refractivity contribution is 5.70. The molecule has 0 saturated carbocycles. The Balaban J connectivity index is 1.92. The van der Waals surface area contributed by atoms with Crippen molar-refractivity contribution in [2.24, 2.45) is 5.92 Å². The second-order valence-electron chi connectivity index (χ2n) is 5.70. The number of likely N-dealkylation sites (tertiary alicyclic amines) is 1. The van der Waals surface area contributed by atoms with Gasteiger partial charge in [0.05, 0.1) is 12.5 Å². The Hall–Kier alpha value is -1.59. The number of rotatable bonds is 6. The first-order chi connectivity index (χ1) is 10.1. The van der Waals surface area contributed by atoms with Gasteiger partial charge in [-0.05, 0) is 43.6 Å². The summed E-state index contributed by atoms with van der Waals surface area (Å²) in [6.45, 7) is 3.30. The third-order valence-electron chi connectivity index (χ3n) is 4.13. The summed E-state index contributed by atoms with van der Waals surface area (Å²) >= 11 is 0. The van der Waals surface area contributed by atoms with E-state index in [1.165, 1.54) is 5.56 Å². The zero-order valence-corrected chi connectivity index (χ0v) is 12.5. The standard InChI is InChI=1S/C16H24N2O3/c1-17(9-10-19)15-4-2-3-13(11-15)12-18-7-5-14(6-8-18)16(20)21/h2-4,11,14,19H,5-10,12H2,1H3,(H,20,21). The van der Waals surface area contributed by atoms with Crippen molar-refractivity contribution in [1.29, 1.82) is 0 Å². The first kappa shape index (κ1) is 15.8. The van der Waals surface area contributed by atoms with Crippen LogP contribution in [-0.2, 0) is 11.3 Å². The minimum atomic E-state index is -0.665. The molecule has 5 heteroatoms. The second-order valence-corrected chi connectivity index (χ2v) is 5.70. The Labute approximate surface area is 125 Å². The van der Waals surface area contributed by atoms with Gasteiger partial charge in [0.1, 0.15) is 0 Å². The van der Waals surface area contributed by atoms with Gasteiger partial charge in [-0.3, -0.25) is 9.69 Å². The summed E-state index contributed by atoms with van der Waals surface area (Å²) in [5.74, 6) is -0.842. The van der Waals surface area contributed by atoms with E-state index in [2.05, 4.69) is 17.0 Å². The van der Waals surface area contributed by atoms with Gasteiger partial charge in [0.25, 0.3) is 0 Å². The third-order valence-corrected chi connectivity index (χ3v) is 4.13. The minimum Gasteiger partial charge on any atom is -0.481 e. The van der Waals surface area contributed by atoms with Crippen LogP contribution in [0.2, 0.25) is 0 Å². The molecule has 1 aliphatic heterocycles. The topological polar surface area (TPSA) is 64.0 Å². The summed E-state index contributed by atoms with van der Waals surface area (Å²) in [7, 11) is 1.97. The van der Waals surface area contributed by atoms with Crippen molar-refractivity contribution < 1.29 is 15.0 Å². The number of nitrogens with zero attached hydrogens (tertiary/aromatic N) is 2. The predicted molar refractivity (Wildman–Crippen MR) is 82.4 cm³/mol. The van der Waals surface area contributed by atoms with Gasteiger partial charge in [0, 0.05) is 25.8 Å². The van der Waals surface area contributed by atoms with Crippen LogP contribution in [0, 0.1) is 5.92 Å². The molecule has 21 heavy (non-hydrogen) atoms. The van der Waals surface area contributed by atoms with Crippen molar-refractivity contribution in [2.75, 3.05) is 38.2 Å². The number of hydrogen-bond donors (Lipinski definition) is 2. The zero-order chi connectivity index (χ0) is 15.2. The average Bonchev–Trinajstić information content (AvgIpc) is 2.48. The lowest BCUT2D eigenvalue weighted by molar-refractivity contribution is -0.143. The number of hydrogen-bond acceptors (Lipinski definition) is 4. The largest absolute Gasteiger partial charge is 0.481 e. The van der Waals surface area contributed by atoms with Crippen molar-refractivity contribution in [3.05, 3.63) is 29.8 Å². The highest BCUT2D eigenvalue weighted by atomic mass is 16.4. The molecule has 1 aromatic rings. The molecule has 0 amide bonds. The van der Waals surface area contributed by atoms with E-state index in [0.717, 1.165) is 38.2 Å². The van der Waals surface area contributed by atoms with Gasteiger partial charge in [-0.15, -0.1) is 0 Å². The van der Waals surface area contributed by atoms with E-state index in [1.54, 1.807) is 0 Å². The first-order valence-electron chi connectivity index (χ1n) is 7.46. The van der Waals surface area contributed by atoms with Crippen LogP contribution in [-0.4, -0.2) is 54.4 Å². The van der Waals surface area contributed by atoms with Crippen molar-refractivity contribution >= 4 is 11.7 Å². The summed E-state index contributed by atoms with van der Waals surface area (Å²) < 4.78 is 0. The summed E-state index contributed by atoms with van der Waals surface area (Å²) in [6, 6.07) is 8.30. The number of aliphatic hydroxyl groups excluding tert-OH is 1. The summed E-state index contributed by atoms with van der Waals surface area (Å²) in [5.41, 5.74) is 2.33. The number of likely N-dealkylation sites (N-methyl/N-ethyl adjacent to an activating group) is 1. The maximum absolute atomic E-state index is 11.0. The van der Waals surface area contributed by atoms with E-state index in [0.29, 0.717) is 6.54 Å². The van der Waals surface area contributed by atoms with E-state index in [-0.39, 0.29) is 12.5 Å². The van der Waals surface area contributed by atoms with E-state index in [1.807, 2.05) is 24.1 Å². The Morgan fingerprint density at radius 3 is 2.71 bits per heavy atom. The molecule has 0 aromatic heterocycles. The van der Waals surface area contributed by atoms with Crippen molar-refractivity contribution in [3.63, 3.8) is 0 Å². The molecule has 1 heterocycles. The fraction of sp³-hybridized carbons (Fsp3) is 0.562. The van der Waals surface area contributed by atoms with Crippen LogP contribution in [0.5, 0.6) is 0 Å². The first-order valence-corrected chi connectivity index (χ1v) is 7.46. The number of aliphatic hydroxyl groups is 1. The Kier molecular flexibility index (Phi) is 5.59. The Bertz CT molecular complexity index is 470. The molecule has 1 saturated heterocycles. The molecule has 5 nitrogen and oxygen atoms in total. The number of piperidine rings is 1.